The van der Waals surface area contributed by atoms with E-state index < -0.39 is 9.84 Å². The van der Waals surface area contributed by atoms with E-state index in [0.717, 1.165) is 11.6 Å². The molecule has 1 N–H and O–H groups in total. The number of anilines is 2. The highest BCUT2D eigenvalue weighted by molar-refractivity contribution is 7.91. The molecule has 1 unspecified atom stereocenters. The summed E-state index contributed by atoms with van der Waals surface area (Å²) in [6.07, 6.45) is 2.15. The Morgan fingerprint density at radius 3 is 2.74 bits per heavy atom. The Hall–Kier alpha value is -2.15. The van der Waals surface area contributed by atoms with E-state index in [4.69, 9.17) is 0 Å². The summed E-state index contributed by atoms with van der Waals surface area (Å²) in [4.78, 5) is 10.4. The molecule has 1 aliphatic heterocycles. The molecular weight excluding hydrogens is 312 g/mol. The molecule has 2 aromatic rings. The largest absolute Gasteiger partial charge is 0.366 e. The predicted molar refractivity (Wildman–Crippen MR) is 91.3 cm³/mol. The zero-order valence-corrected chi connectivity index (χ0v) is 13.8. The molecule has 1 aliphatic rings. The van der Waals surface area contributed by atoms with Gasteiger partial charge in [-0.2, -0.15) is 0 Å². The van der Waals surface area contributed by atoms with E-state index in [0.29, 0.717) is 13.0 Å². The van der Waals surface area contributed by atoms with Gasteiger partial charge in [0.1, 0.15) is 18.0 Å². The first-order valence-electron chi connectivity index (χ1n) is 7.56. The first kappa shape index (κ1) is 15.7. The number of nitrogens with one attached hydrogen (secondary N) is 1. The highest BCUT2D eigenvalue weighted by Gasteiger charge is 2.31. The second-order valence-electron chi connectivity index (χ2n) is 5.77. The molecule has 1 fully saturated rings. The van der Waals surface area contributed by atoms with Crippen LogP contribution in [0.25, 0.3) is 0 Å². The van der Waals surface area contributed by atoms with Crippen LogP contribution in [0.15, 0.2) is 42.7 Å². The first-order chi connectivity index (χ1) is 11.0. The summed E-state index contributed by atoms with van der Waals surface area (Å²) in [6, 6.07) is 11.9. The zero-order valence-electron chi connectivity index (χ0n) is 13.0. The van der Waals surface area contributed by atoms with Gasteiger partial charge < -0.3 is 10.2 Å². The van der Waals surface area contributed by atoms with Crippen LogP contribution >= 0.6 is 0 Å². The van der Waals surface area contributed by atoms with Crippen LogP contribution in [-0.4, -0.2) is 43.0 Å². The van der Waals surface area contributed by atoms with Crippen molar-refractivity contribution >= 4 is 21.5 Å². The molecule has 0 spiro atoms. The van der Waals surface area contributed by atoms with Gasteiger partial charge in [0.25, 0.3) is 0 Å². The third-order valence-corrected chi connectivity index (χ3v) is 5.84. The molecular formula is C16H20N4O2S. The van der Waals surface area contributed by atoms with Crippen molar-refractivity contribution < 1.29 is 8.42 Å². The number of benzene rings is 1. The third-order valence-electron chi connectivity index (χ3n) is 4.09. The summed E-state index contributed by atoms with van der Waals surface area (Å²) in [6.45, 7) is 0.679. The lowest BCUT2D eigenvalue weighted by atomic mass is 10.2. The molecule has 2 heterocycles. The van der Waals surface area contributed by atoms with Gasteiger partial charge in [0.05, 0.1) is 11.5 Å². The van der Waals surface area contributed by atoms with Gasteiger partial charge in [-0.25, -0.2) is 18.4 Å². The maximum Gasteiger partial charge on any atom is 0.152 e. The second-order valence-corrected chi connectivity index (χ2v) is 8.00. The molecule has 0 bridgehead atoms. The fourth-order valence-corrected chi connectivity index (χ4v) is 4.47. The van der Waals surface area contributed by atoms with Crippen molar-refractivity contribution in [2.45, 2.75) is 19.0 Å². The van der Waals surface area contributed by atoms with Gasteiger partial charge in [-0.15, -0.1) is 0 Å². The lowest BCUT2D eigenvalue weighted by Crippen LogP contribution is -2.33. The number of rotatable bonds is 5. The molecule has 1 aromatic carbocycles. The van der Waals surface area contributed by atoms with Crippen LogP contribution in [0.3, 0.4) is 0 Å². The minimum absolute atomic E-state index is 0.0168. The molecule has 1 aromatic heterocycles. The molecule has 3 rings (SSSR count). The lowest BCUT2D eigenvalue weighted by Gasteiger charge is -2.24. The maximum absolute atomic E-state index is 11.6. The average molecular weight is 332 g/mol. The number of hydrogen-bond donors (Lipinski definition) is 1. The maximum atomic E-state index is 11.6. The van der Waals surface area contributed by atoms with Crippen LogP contribution in [0.4, 0.5) is 11.6 Å². The van der Waals surface area contributed by atoms with Gasteiger partial charge in [0.2, 0.25) is 0 Å². The summed E-state index contributed by atoms with van der Waals surface area (Å²) in [5.41, 5.74) is 1.17. The highest BCUT2D eigenvalue weighted by Crippen LogP contribution is 2.22. The number of hydrogen-bond acceptors (Lipinski definition) is 6. The van der Waals surface area contributed by atoms with Crippen molar-refractivity contribution in [2.75, 3.05) is 28.8 Å². The summed E-state index contributed by atoms with van der Waals surface area (Å²) in [7, 11) is -1.02. The smallest absolute Gasteiger partial charge is 0.152 e. The second kappa shape index (κ2) is 6.54. The highest BCUT2D eigenvalue weighted by atomic mass is 32.2. The van der Waals surface area contributed by atoms with E-state index in [1.807, 2.05) is 48.3 Å². The van der Waals surface area contributed by atoms with Crippen LogP contribution in [0.5, 0.6) is 0 Å². The topological polar surface area (TPSA) is 75.2 Å². The summed E-state index contributed by atoms with van der Waals surface area (Å²) < 4.78 is 23.3. The molecule has 0 amide bonds. The van der Waals surface area contributed by atoms with E-state index in [2.05, 4.69) is 15.3 Å². The minimum atomic E-state index is -2.91. The van der Waals surface area contributed by atoms with E-state index in [1.54, 1.807) is 0 Å². The predicted octanol–water partition coefficient (Wildman–Crippen LogP) is 1.71. The minimum Gasteiger partial charge on any atom is -0.366 e. The molecule has 0 saturated carbocycles. The summed E-state index contributed by atoms with van der Waals surface area (Å²) in [5.74, 6) is 1.91. The van der Waals surface area contributed by atoms with Crippen LogP contribution in [-0.2, 0) is 16.4 Å². The Balaban J connectivity index is 1.67. The molecule has 1 saturated heterocycles. The van der Waals surface area contributed by atoms with Gasteiger partial charge >= 0.3 is 0 Å². The fraction of sp³-hybridized carbons (Fsp3) is 0.375. The van der Waals surface area contributed by atoms with E-state index in [9.17, 15) is 8.42 Å². The number of sulfone groups is 1. The molecule has 1 atom stereocenters. The van der Waals surface area contributed by atoms with Crippen LogP contribution in [0.1, 0.15) is 12.0 Å². The fourth-order valence-electron chi connectivity index (χ4n) is 2.69. The first-order valence-corrected chi connectivity index (χ1v) is 9.39. The van der Waals surface area contributed by atoms with Crippen molar-refractivity contribution in [1.29, 1.82) is 0 Å². The van der Waals surface area contributed by atoms with Gasteiger partial charge in [0, 0.05) is 25.7 Å². The Labute approximate surface area is 136 Å². The number of nitrogens with zero attached hydrogens (tertiary/aromatic N) is 3. The monoisotopic (exact) mass is 332 g/mol. The Bertz CT molecular complexity index is 765. The van der Waals surface area contributed by atoms with Gasteiger partial charge in [-0.05, 0) is 12.0 Å². The molecule has 0 aliphatic carbocycles. The van der Waals surface area contributed by atoms with E-state index in [-0.39, 0.29) is 17.5 Å². The standard InChI is InChI=1S/C16H20N4O2S/c1-20(14-7-8-23(21,22)11-14)16-9-15(18-12-19-16)17-10-13-5-3-2-4-6-13/h2-6,9,12,14H,7-8,10-11H2,1H3,(H,17,18,19). The van der Waals surface area contributed by atoms with Crippen molar-refractivity contribution in [3.05, 3.63) is 48.3 Å². The summed E-state index contributed by atoms with van der Waals surface area (Å²) >= 11 is 0. The molecule has 23 heavy (non-hydrogen) atoms. The molecule has 122 valence electrons. The van der Waals surface area contributed by atoms with Crippen LogP contribution in [0.2, 0.25) is 0 Å². The van der Waals surface area contributed by atoms with Crippen molar-refractivity contribution in [3.8, 4) is 0 Å². The molecule has 0 radical (unpaired) electrons. The quantitative estimate of drug-likeness (QED) is 0.898. The zero-order chi connectivity index (χ0) is 16.3. The van der Waals surface area contributed by atoms with Crippen LogP contribution in [0, 0.1) is 0 Å². The number of aromatic nitrogens is 2. The van der Waals surface area contributed by atoms with Gasteiger partial charge in [0.15, 0.2) is 9.84 Å². The summed E-state index contributed by atoms with van der Waals surface area (Å²) in [5, 5.41) is 3.27. The SMILES string of the molecule is CN(c1cc(NCc2ccccc2)ncn1)C1CCS(=O)(=O)C1. The third kappa shape index (κ3) is 3.98. The van der Waals surface area contributed by atoms with Gasteiger partial charge in [-0.1, -0.05) is 30.3 Å². The normalized spacial score (nSPS) is 19.4. The van der Waals surface area contributed by atoms with E-state index >= 15 is 0 Å². The Morgan fingerprint density at radius 2 is 2.04 bits per heavy atom. The van der Waals surface area contributed by atoms with Crippen molar-refractivity contribution in [2.24, 2.45) is 0 Å². The molecule has 7 heteroatoms. The lowest BCUT2D eigenvalue weighted by molar-refractivity contribution is 0.600. The molecule has 6 nitrogen and oxygen atoms in total. The van der Waals surface area contributed by atoms with Crippen molar-refractivity contribution in [3.63, 3.8) is 0 Å². The average Bonchev–Trinajstić information content (AvgIpc) is 2.93. The van der Waals surface area contributed by atoms with Crippen LogP contribution < -0.4 is 10.2 Å². The van der Waals surface area contributed by atoms with Crippen molar-refractivity contribution in [1.82, 2.24) is 9.97 Å². The Morgan fingerprint density at radius 1 is 1.26 bits per heavy atom. The van der Waals surface area contributed by atoms with Gasteiger partial charge in [-0.3, -0.25) is 0 Å². The van der Waals surface area contributed by atoms with E-state index in [1.165, 1.54) is 11.9 Å². The Kier molecular flexibility index (Phi) is 4.47.